The lowest BCUT2D eigenvalue weighted by Crippen LogP contribution is -2.55. The summed E-state index contributed by atoms with van der Waals surface area (Å²) >= 11 is 0. The molecule has 0 spiro atoms. The number of nitrogens with one attached hydrogen (secondary N) is 3. The van der Waals surface area contributed by atoms with E-state index in [0.717, 1.165) is 37.7 Å². The maximum absolute atomic E-state index is 13.2. The number of amides is 3. The van der Waals surface area contributed by atoms with Crippen molar-refractivity contribution in [3.63, 3.8) is 0 Å². The summed E-state index contributed by atoms with van der Waals surface area (Å²) in [6.45, 7) is 6.00. The predicted octanol–water partition coefficient (Wildman–Crippen LogP) is 4.35. The minimum Gasteiger partial charge on any atom is -0.445 e. The van der Waals surface area contributed by atoms with Gasteiger partial charge in [-0.25, -0.2) is 4.79 Å². The molecule has 0 aromatic heterocycles. The first-order valence-corrected chi connectivity index (χ1v) is 14.3. The summed E-state index contributed by atoms with van der Waals surface area (Å²) in [5, 5.41) is 8.47. The van der Waals surface area contributed by atoms with Crippen molar-refractivity contribution in [3.8, 4) is 0 Å². The van der Waals surface area contributed by atoms with Crippen molar-refractivity contribution in [1.82, 2.24) is 20.9 Å². The van der Waals surface area contributed by atoms with Gasteiger partial charge in [0, 0.05) is 11.6 Å². The fourth-order valence-electron chi connectivity index (χ4n) is 5.34. The van der Waals surface area contributed by atoms with Crippen LogP contribution >= 0.6 is 0 Å². The molecule has 1 aliphatic carbocycles. The van der Waals surface area contributed by atoms with E-state index in [1.165, 1.54) is 11.1 Å². The van der Waals surface area contributed by atoms with Gasteiger partial charge in [0.15, 0.2) is 0 Å². The molecular formula is C32H46N4O4. The zero-order valence-electron chi connectivity index (χ0n) is 24.7. The Hall–Kier alpha value is -3.39. The van der Waals surface area contributed by atoms with Gasteiger partial charge in [0.05, 0.1) is 0 Å². The minimum atomic E-state index is -0.680. The van der Waals surface area contributed by atoms with E-state index in [9.17, 15) is 14.4 Å². The van der Waals surface area contributed by atoms with E-state index in [1.54, 1.807) is 0 Å². The molecular weight excluding hydrogens is 504 g/mol. The summed E-state index contributed by atoms with van der Waals surface area (Å²) in [7, 11) is 4.29. The van der Waals surface area contributed by atoms with E-state index >= 15 is 0 Å². The number of alkyl carbamates (subject to hydrolysis) is 1. The molecule has 1 atom stereocenters. The molecule has 0 aliphatic heterocycles. The average molecular weight is 551 g/mol. The molecule has 1 saturated carbocycles. The van der Waals surface area contributed by atoms with Gasteiger partial charge in [-0.15, -0.1) is 0 Å². The molecule has 3 N–H and O–H groups in total. The van der Waals surface area contributed by atoms with Crippen LogP contribution in [-0.4, -0.2) is 61.1 Å². The van der Waals surface area contributed by atoms with Gasteiger partial charge in [-0.05, 0) is 76.6 Å². The monoisotopic (exact) mass is 550 g/mol. The van der Waals surface area contributed by atoms with Crippen LogP contribution in [0.5, 0.6) is 0 Å². The topological polar surface area (TPSA) is 99.8 Å². The number of ether oxygens (including phenoxy) is 1. The number of hydrogen-bond donors (Lipinski definition) is 3. The molecule has 40 heavy (non-hydrogen) atoms. The smallest absolute Gasteiger partial charge is 0.407 e. The summed E-state index contributed by atoms with van der Waals surface area (Å²) in [4.78, 5) is 40.2. The first-order chi connectivity index (χ1) is 19.1. The third-order valence-electron chi connectivity index (χ3n) is 7.83. The molecule has 218 valence electrons. The van der Waals surface area contributed by atoms with E-state index < -0.39 is 18.0 Å². The number of carbonyl (C=O) groups excluding carboxylic acids is 3. The second-order valence-electron chi connectivity index (χ2n) is 11.7. The molecule has 1 aliphatic rings. The van der Waals surface area contributed by atoms with Gasteiger partial charge in [-0.1, -0.05) is 74.0 Å². The SMILES string of the molecule is Cc1ccc(CC2(N(C)C)CCC(NC(=O)C(CC(C)C)NC(=O)CNC(=O)OCc3ccccc3)CC2)cc1. The maximum Gasteiger partial charge on any atom is 0.407 e. The van der Waals surface area contributed by atoms with Crippen LogP contribution < -0.4 is 16.0 Å². The Morgan fingerprint density at radius 3 is 2.23 bits per heavy atom. The number of nitrogens with zero attached hydrogens (tertiary/aromatic N) is 1. The fourth-order valence-corrected chi connectivity index (χ4v) is 5.34. The molecule has 2 aromatic carbocycles. The molecule has 1 unspecified atom stereocenters. The normalized spacial score (nSPS) is 19.6. The van der Waals surface area contributed by atoms with Crippen molar-refractivity contribution in [2.45, 2.75) is 83.5 Å². The number of hydrogen-bond acceptors (Lipinski definition) is 5. The van der Waals surface area contributed by atoms with E-state index in [0.29, 0.717) is 6.42 Å². The molecule has 3 amide bonds. The van der Waals surface area contributed by atoms with Crippen molar-refractivity contribution in [2.75, 3.05) is 20.6 Å². The van der Waals surface area contributed by atoms with Crippen molar-refractivity contribution < 1.29 is 19.1 Å². The van der Waals surface area contributed by atoms with Gasteiger partial charge in [0.1, 0.15) is 19.2 Å². The molecule has 0 bridgehead atoms. The third kappa shape index (κ3) is 9.66. The number of rotatable bonds is 12. The molecule has 8 heteroatoms. The molecule has 3 rings (SSSR count). The van der Waals surface area contributed by atoms with Crippen LogP contribution in [0.25, 0.3) is 0 Å². The Kier molecular flexibility index (Phi) is 11.6. The first-order valence-electron chi connectivity index (χ1n) is 14.3. The number of likely N-dealkylation sites (N-methyl/N-ethyl adjacent to an activating group) is 1. The Labute approximate surface area is 239 Å². The van der Waals surface area contributed by atoms with Gasteiger partial charge in [0.25, 0.3) is 0 Å². The van der Waals surface area contributed by atoms with Gasteiger partial charge >= 0.3 is 6.09 Å². The quantitative estimate of drug-likeness (QED) is 0.365. The summed E-state index contributed by atoms with van der Waals surface area (Å²) in [6, 6.07) is 17.5. The van der Waals surface area contributed by atoms with Crippen LogP contribution in [0.4, 0.5) is 4.79 Å². The zero-order valence-corrected chi connectivity index (χ0v) is 24.7. The summed E-state index contributed by atoms with van der Waals surface area (Å²) in [6.07, 6.45) is 4.54. The van der Waals surface area contributed by atoms with Crippen LogP contribution in [0.3, 0.4) is 0 Å². The summed E-state index contributed by atoms with van der Waals surface area (Å²) < 4.78 is 5.16. The van der Waals surface area contributed by atoms with E-state index in [4.69, 9.17) is 4.74 Å². The third-order valence-corrected chi connectivity index (χ3v) is 7.83. The van der Waals surface area contributed by atoms with Crippen LogP contribution in [0.15, 0.2) is 54.6 Å². The second kappa shape index (κ2) is 14.8. The summed E-state index contributed by atoms with van der Waals surface area (Å²) in [5.41, 5.74) is 3.51. The Morgan fingerprint density at radius 1 is 0.975 bits per heavy atom. The number of benzene rings is 2. The highest BCUT2D eigenvalue weighted by atomic mass is 16.5. The number of aryl methyl sites for hydroxylation is 1. The van der Waals surface area contributed by atoms with Crippen LogP contribution in [0, 0.1) is 12.8 Å². The van der Waals surface area contributed by atoms with Gasteiger partial charge in [-0.2, -0.15) is 0 Å². The van der Waals surface area contributed by atoms with E-state index in [-0.39, 0.29) is 36.6 Å². The van der Waals surface area contributed by atoms with Crippen molar-refractivity contribution in [1.29, 1.82) is 0 Å². The van der Waals surface area contributed by atoms with Gasteiger partial charge in [0.2, 0.25) is 11.8 Å². The van der Waals surface area contributed by atoms with Crippen LogP contribution in [-0.2, 0) is 27.4 Å². The zero-order chi connectivity index (χ0) is 29.1. The fraction of sp³-hybridized carbons (Fsp3) is 0.531. The maximum atomic E-state index is 13.2. The van der Waals surface area contributed by atoms with Gasteiger partial charge < -0.3 is 25.6 Å². The molecule has 0 radical (unpaired) electrons. The molecule has 2 aromatic rings. The van der Waals surface area contributed by atoms with Crippen molar-refractivity contribution >= 4 is 17.9 Å². The van der Waals surface area contributed by atoms with Gasteiger partial charge in [-0.3, -0.25) is 9.59 Å². The lowest BCUT2D eigenvalue weighted by molar-refractivity contribution is -0.129. The molecule has 1 fully saturated rings. The average Bonchev–Trinajstić information content (AvgIpc) is 2.93. The predicted molar refractivity (Wildman–Crippen MR) is 158 cm³/mol. The van der Waals surface area contributed by atoms with E-state index in [1.807, 2.05) is 44.2 Å². The lowest BCUT2D eigenvalue weighted by Gasteiger charge is -2.45. The van der Waals surface area contributed by atoms with E-state index in [2.05, 4.69) is 66.1 Å². The molecule has 0 saturated heterocycles. The minimum absolute atomic E-state index is 0.0584. The molecule has 0 heterocycles. The highest BCUT2D eigenvalue weighted by molar-refractivity contribution is 5.89. The standard InChI is InChI=1S/C32H46N4O4/c1-23(2)19-28(35-29(37)21-33-31(39)40-22-26-9-7-6-8-10-26)30(38)34-27-15-17-32(18-16-27,36(4)5)20-25-13-11-24(3)12-14-25/h6-14,23,27-28H,15-22H2,1-5H3,(H,33,39)(H,34,38)(H,35,37). The van der Waals surface area contributed by atoms with Crippen LogP contribution in [0.1, 0.15) is 62.6 Å². The lowest BCUT2D eigenvalue weighted by atomic mass is 9.74. The van der Waals surface area contributed by atoms with Crippen molar-refractivity contribution in [3.05, 3.63) is 71.3 Å². The highest BCUT2D eigenvalue weighted by Gasteiger charge is 2.38. The molecule has 8 nitrogen and oxygen atoms in total. The largest absolute Gasteiger partial charge is 0.445 e. The highest BCUT2D eigenvalue weighted by Crippen LogP contribution is 2.35. The first kappa shape index (κ1) is 31.1. The summed E-state index contributed by atoms with van der Waals surface area (Å²) in [5.74, 6) is -0.387. The number of carbonyl (C=O) groups is 3. The van der Waals surface area contributed by atoms with Crippen molar-refractivity contribution in [2.24, 2.45) is 5.92 Å². The van der Waals surface area contributed by atoms with Crippen LogP contribution in [0.2, 0.25) is 0 Å². The second-order valence-corrected chi connectivity index (χ2v) is 11.7. The Morgan fingerprint density at radius 2 is 1.62 bits per heavy atom. The Bertz CT molecular complexity index is 1090. The Balaban J connectivity index is 1.48.